The normalized spacial score (nSPS) is 9.88. The molecule has 0 spiro atoms. The summed E-state index contributed by atoms with van der Waals surface area (Å²) in [5.74, 6) is -5.52. The molecule has 293 valence electrons. The predicted octanol–water partition coefficient (Wildman–Crippen LogP) is 8.11. The van der Waals surface area contributed by atoms with Gasteiger partial charge in [0, 0.05) is 46.8 Å². The van der Waals surface area contributed by atoms with Crippen LogP contribution in [-0.2, 0) is 0 Å². The van der Waals surface area contributed by atoms with E-state index in [-0.39, 0.29) is 16.8 Å². The third-order valence-electron chi connectivity index (χ3n) is 6.01. The SMILES string of the molecule is CSSc1ccc([N+](=O)[O-])c(C(=O)O)c1.O=C(O)c1cc(S)ccc1[N+](=O)[O-].O=C(O)c1cc(SSc2ccc([N+](=O)[O-])c(C(=O)O)c2)ccc1[N+](=O)[O-].[2H][3H].[B]=N. The van der Waals surface area contributed by atoms with Crippen LogP contribution in [0, 0.1) is 45.8 Å². The predicted molar refractivity (Wildman–Crippen MR) is 209 cm³/mol. The summed E-state index contributed by atoms with van der Waals surface area (Å²) in [5.41, 5.74) is -3.48. The Labute approximate surface area is 337 Å². The van der Waals surface area contributed by atoms with Gasteiger partial charge in [-0.25, -0.2) is 19.2 Å². The Kier molecular flexibility index (Phi) is 19.0. The van der Waals surface area contributed by atoms with Gasteiger partial charge < -0.3 is 20.4 Å². The quantitative estimate of drug-likeness (QED) is 0.0243. The Morgan fingerprint density at radius 2 is 0.821 bits per heavy atom. The van der Waals surface area contributed by atoms with E-state index in [0.717, 1.165) is 58.0 Å². The van der Waals surface area contributed by atoms with Gasteiger partial charge in [-0.2, -0.15) is 0 Å². The van der Waals surface area contributed by atoms with Gasteiger partial charge in [0.1, 0.15) is 22.3 Å². The van der Waals surface area contributed by atoms with E-state index in [2.05, 4.69) is 20.3 Å². The van der Waals surface area contributed by atoms with Crippen molar-refractivity contribution in [1.82, 2.24) is 0 Å². The summed E-state index contributed by atoms with van der Waals surface area (Å²) in [7, 11) is 8.61. The minimum atomic E-state index is -1.45. The van der Waals surface area contributed by atoms with Gasteiger partial charge in [0.2, 0.25) is 0 Å². The summed E-state index contributed by atoms with van der Waals surface area (Å²) in [6.45, 7) is 0. The Balaban J connectivity index is 0.000000865. The fraction of sp³-hybridized carbons (Fsp3) is 0.0345. The molecule has 4 aromatic rings. The Morgan fingerprint density at radius 1 is 0.571 bits per heavy atom. The van der Waals surface area contributed by atoms with E-state index < -0.39 is 71.8 Å². The molecule has 0 unspecified atom stereocenters. The van der Waals surface area contributed by atoms with Crippen LogP contribution in [0.4, 0.5) is 22.7 Å². The number of nitro groups is 4. The maximum atomic E-state index is 11.1. The fourth-order valence-corrected chi connectivity index (χ4v) is 7.28. The van der Waals surface area contributed by atoms with Crippen molar-refractivity contribution in [3.63, 3.8) is 0 Å². The van der Waals surface area contributed by atoms with E-state index >= 15 is 0 Å². The molecule has 4 aromatic carbocycles. The first-order valence-corrected chi connectivity index (χ1v) is 19.0. The van der Waals surface area contributed by atoms with Crippen LogP contribution in [-0.4, -0.2) is 77.9 Å². The van der Waals surface area contributed by atoms with Crippen molar-refractivity contribution in [3.05, 3.63) is 136 Å². The zero-order chi connectivity index (χ0) is 44.9. The minimum absolute atomic E-state index is 0.279. The molecular formula is C29H23BN5O16S5. The second kappa shape index (κ2) is 23.0. The van der Waals surface area contributed by atoms with Gasteiger partial charge >= 0.3 is 36.8 Å². The van der Waals surface area contributed by atoms with Crippen LogP contribution >= 0.6 is 55.8 Å². The van der Waals surface area contributed by atoms with Crippen LogP contribution in [0.2, 0.25) is 0 Å². The number of thiol groups is 1. The number of nitro benzene ring substituents is 4. The van der Waals surface area contributed by atoms with E-state index in [1.165, 1.54) is 58.0 Å². The van der Waals surface area contributed by atoms with E-state index in [9.17, 15) is 59.6 Å². The van der Waals surface area contributed by atoms with Gasteiger partial charge in [0.15, 0.2) is 0 Å². The molecule has 0 aliphatic rings. The van der Waals surface area contributed by atoms with Crippen LogP contribution in [0.15, 0.2) is 92.4 Å². The molecule has 0 aromatic heterocycles. The molecule has 27 heteroatoms. The standard InChI is InChI=1S/C14H8N2O8S2.C8H7NO4S2.C7H5NO4S.BHN.H2/c17-13(18)9-5-7(1-3-11(9)15(21)22)25-26-8-2-4-12(16(23)24)10(6-8)14(19)20;1-14-15-5-2-3-7(9(12)13)6(4-5)8(10)11;9-7(10)5-3-4(13)1-2-6(5)8(11)12;1-2;/h1-6H,(H,17,18)(H,19,20);2-4H,1H3,(H,10,11);1-3,13H,(H,9,10);2H;1H/i;;;;1+2D. The average molecular weight is 872 g/mol. The first kappa shape index (κ1) is 46.1. The van der Waals surface area contributed by atoms with Gasteiger partial charge in [-0.3, -0.25) is 40.5 Å². The third kappa shape index (κ3) is 14.3. The molecule has 0 heterocycles. The number of carboxylic acids is 4. The van der Waals surface area contributed by atoms with Crippen molar-refractivity contribution < 1.29 is 62.3 Å². The molecule has 0 fully saturated rings. The molecule has 56 heavy (non-hydrogen) atoms. The number of hydrogen-bond donors (Lipinski definition) is 6. The molecule has 0 atom stereocenters. The van der Waals surface area contributed by atoms with Crippen LogP contribution in [0.1, 0.15) is 44.4 Å². The number of carbonyl (C=O) groups is 4. The van der Waals surface area contributed by atoms with Gasteiger partial charge in [-0.05, 0) is 54.8 Å². The van der Waals surface area contributed by atoms with E-state index in [1.807, 2.05) is 6.26 Å². The molecule has 0 aliphatic heterocycles. The summed E-state index contributed by atoms with van der Waals surface area (Å²) < 4.78 is 10.0. The molecule has 0 bridgehead atoms. The molecule has 1 radical (unpaired) electrons. The molecule has 4 rings (SSSR count). The molecule has 0 aliphatic carbocycles. The number of hydrogen-bond acceptors (Lipinski definition) is 18. The Hall–Kier alpha value is -6.03. The van der Waals surface area contributed by atoms with Crippen LogP contribution in [0.25, 0.3) is 0 Å². The van der Waals surface area contributed by atoms with E-state index in [0.29, 0.717) is 19.6 Å². The van der Waals surface area contributed by atoms with Crippen molar-refractivity contribution in [1.29, 1.82) is 5.31 Å². The van der Waals surface area contributed by atoms with Gasteiger partial charge in [0.05, 0.1) is 19.7 Å². The summed E-state index contributed by atoms with van der Waals surface area (Å²) >= 11 is 3.88. The summed E-state index contributed by atoms with van der Waals surface area (Å²) in [5, 5.41) is 83.3. The molecule has 0 saturated heterocycles. The zero-order valence-corrected chi connectivity index (χ0v) is 31.7. The summed E-state index contributed by atoms with van der Waals surface area (Å²) in [4.78, 5) is 84.9. The van der Waals surface area contributed by atoms with E-state index in [4.69, 9.17) is 28.7 Å². The Bertz CT molecular complexity index is 2130. The molecule has 0 saturated carbocycles. The molecular weight excluding hydrogens is 845 g/mol. The first-order chi connectivity index (χ1) is 27.3. The van der Waals surface area contributed by atoms with Crippen molar-refractivity contribution in [2.75, 3.05) is 6.26 Å². The van der Waals surface area contributed by atoms with Crippen LogP contribution in [0.3, 0.4) is 0 Å². The maximum absolute atomic E-state index is 11.1. The fourth-order valence-electron chi connectivity index (χ4n) is 3.74. The monoisotopic (exact) mass is 871 g/mol. The third-order valence-corrected chi connectivity index (χ3v) is 10.4. The number of carboxylic acid groups (broad SMARTS) is 4. The van der Waals surface area contributed by atoms with Gasteiger partial charge in [0.25, 0.3) is 22.7 Å². The van der Waals surface area contributed by atoms with Crippen molar-refractivity contribution >= 4 is 110 Å². The number of aromatic carboxylic acids is 4. The second-order valence-corrected chi connectivity index (χ2v) is 14.7. The number of rotatable bonds is 13. The second-order valence-electron chi connectivity index (χ2n) is 9.40. The van der Waals surface area contributed by atoms with Crippen LogP contribution < -0.4 is 0 Å². The van der Waals surface area contributed by atoms with Crippen molar-refractivity contribution in [3.8, 4) is 0 Å². The van der Waals surface area contributed by atoms with Gasteiger partial charge in [-0.1, -0.05) is 43.2 Å². The Morgan fingerprint density at radius 3 is 1.07 bits per heavy atom. The topological polar surface area (TPSA) is 346 Å². The van der Waals surface area contributed by atoms with Crippen molar-refractivity contribution in [2.24, 2.45) is 0 Å². The number of nitrogens with one attached hydrogen (secondary N) is 1. The van der Waals surface area contributed by atoms with E-state index in [1.54, 1.807) is 0 Å². The van der Waals surface area contributed by atoms with Crippen molar-refractivity contribution in [2.45, 2.75) is 19.6 Å². The summed E-state index contributed by atoms with van der Waals surface area (Å²) in [6.07, 6.45) is 1.84. The molecule has 0 amide bonds. The summed E-state index contributed by atoms with van der Waals surface area (Å²) in [6, 6.07) is 14.8. The number of nitrogens with zero attached hydrogens (tertiary/aromatic N) is 4. The molecule has 5 N–H and O–H groups in total. The van der Waals surface area contributed by atoms with Gasteiger partial charge in [-0.15, -0.1) is 12.6 Å². The average Bonchev–Trinajstić information content (AvgIpc) is 3.18. The first-order valence-electron chi connectivity index (χ1n) is 14.9. The number of benzene rings is 4. The van der Waals surface area contributed by atoms with Crippen LogP contribution in [0.5, 0.6) is 0 Å². The molecule has 21 nitrogen and oxygen atoms in total. The zero-order valence-electron chi connectivity index (χ0n) is 29.6.